The van der Waals surface area contributed by atoms with Gasteiger partial charge in [-0.15, -0.1) is 0 Å². The van der Waals surface area contributed by atoms with E-state index in [0.29, 0.717) is 5.02 Å². The Kier molecular flexibility index (Phi) is 7.43. The monoisotopic (exact) mass is 508 g/mol. The van der Waals surface area contributed by atoms with Gasteiger partial charge in [0.2, 0.25) is 0 Å². The van der Waals surface area contributed by atoms with Crippen LogP contribution in [-0.4, -0.2) is 28.6 Å². The SMILES string of the molecule is CCn1c2ccccc2c2cc(C=NNC(=O)C(NC(=O)c3ccc(Cl)cc3Cl)C(C)C)ccc21. The van der Waals surface area contributed by atoms with E-state index >= 15 is 0 Å². The maximum Gasteiger partial charge on any atom is 0.262 e. The van der Waals surface area contributed by atoms with E-state index < -0.39 is 17.9 Å². The molecule has 0 bridgehead atoms. The van der Waals surface area contributed by atoms with Crippen LogP contribution < -0.4 is 10.7 Å². The van der Waals surface area contributed by atoms with E-state index in [-0.39, 0.29) is 16.5 Å². The number of amides is 2. The van der Waals surface area contributed by atoms with Crippen LogP contribution in [0.5, 0.6) is 0 Å². The van der Waals surface area contributed by atoms with Gasteiger partial charge in [-0.2, -0.15) is 5.10 Å². The second-order valence-corrected chi connectivity index (χ2v) is 9.44. The zero-order valence-corrected chi connectivity index (χ0v) is 21.2. The number of para-hydroxylation sites is 1. The third-order valence-electron chi connectivity index (χ3n) is 5.91. The van der Waals surface area contributed by atoms with Crippen LogP contribution in [0.4, 0.5) is 0 Å². The standard InChI is InChI=1S/C27H26Cl2N4O2/c1-4-33-23-8-6-5-7-19(23)21-13-17(9-12-24(21)33)15-30-32-27(35)25(16(2)3)31-26(34)20-11-10-18(28)14-22(20)29/h5-16,25H,4H2,1-3H3,(H,31,34)(H,32,35). The molecular formula is C27H26Cl2N4O2. The lowest BCUT2D eigenvalue weighted by Crippen LogP contribution is -2.48. The molecule has 4 aromatic rings. The number of benzene rings is 3. The highest BCUT2D eigenvalue weighted by molar-refractivity contribution is 6.36. The summed E-state index contributed by atoms with van der Waals surface area (Å²) in [6.45, 7) is 6.68. The lowest BCUT2D eigenvalue weighted by Gasteiger charge is -2.20. The topological polar surface area (TPSA) is 75.5 Å². The fraction of sp³-hybridized carbons (Fsp3) is 0.222. The van der Waals surface area contributed by atoms with Crippen molar-refractivity contribution in [3.8, 4) is 0 Å². The zero-order valence-electron chi connectivity index (χ0n) is 19.7. The van der Waals surface area contributed by atoms with Crippen molar-refractivity contribution < 1.29 is 9.59 Å². The van der Waals surface area contributed by atoms with Gasteiger partial charge in [-0.1, -0.05) is 61.3 Å². The van der Waals surface area contributed by atoms with Gasteiger partial charge in [0.1, 0.15) is 6.04 Å². The number of carbonyl (C=O) groups excluding carboxylic acids is 2. The molecule has 0 saturated carbocycles. The minimum Gasteiger partial charge on any atom is -0.341 e. The van der Waals surface area contributed by atoms with Gasteiger partial charge in [-0.25, -0.2) is 5.43 Å². The summed E-state index contributed by atoms with van der Waals surface area (Å²) in [4.78, 5) is 25.5. The van der Waals surface area contributed by atoms with E-state index in [9.17, 15) is 9.59 Å². The number of nitrogens with one attached hydrogen (secondary N) is 2. The molecule has 1 heterocycles. The number of hydrogen-bond acceptors (Lipinski definition) is 3. The first-order chi connectivity index (χ1) is 16.8. The number of carbonyl (C=O) groups is 2. The van der Waals surface area contributed by atoms with Crippen molar-refractivity contribution in [3.05, 3.63) is 81.8 Å². The molecule has 2 amide bonds. The van der Waals surface area contributed by atoms with E-state index in [1.165, 1.54) is 23.0 Å². The molecule has 35 heavy (non-hydrogen) atoms. The lowest BCUT2D eigenvalue weighted by atomic mass is 10.0. The summed E-state index contributed by atoms with van der Waals surface area (Å²) < 4.78 is 2.27. The number of halogens is 2. The highest BCUT2D eigenvalue weighted by Crippen LogP contribution is 2.29. The fourth-order valence-electron chi connectivity index (χ4n) is 4.16. The van der Waals surface area contributed by atoms with Gasteiger partial charge in [0.25, 0.3) is 11.8 Å². The van der Waals surface area contributed by atoms with Crippen LogP contribution in [0, 0.1) is 5.92 Å². The van der Waals surface area contributed by atoms with Crippen molar-refractivity contribution in [3.63, 3.8) is 0 Å². The fourth-order valence-corrected chi connectivity index (χ4v) is 4.65. The van der Waals surface area contributed by atoms with Crippen molar-refractivity contribution in [2.45, 2.75) is 33.4 Å². The van der Waals surface area contributed by atoms with Crippen molar-refractivity contribution in [1.29, 1.82) is 0 Å². The average molecular weight is 509 g/mol. The number of nitrogens with zero attached hydrogens (tertiary/aromatic N) is 2. The number of fused-ring (bicyclic) bond motifs is 3. The molecule has 0 aliphatic carbocycles. The van der Waals surface area contributed by atoms with Crippen LogP contribution in [0.2, 0.25) is 10.0 Å². The van der Waals surface area contributed by atoms with E-state index in [0.717, 1.165) is 23.0 Å². The van der Waals surface area contributed by atoms with Gasteiger partial charge in [-0.05, 0) is 54.8 Å². The Labute approximate surface area is 213 Å². The first kappa shape index (κ1) is 24.8. The van der Waals surface area contributed by atoms with Crippen molar-refractivity contribution in [1.82, 2.24) is 15.3 Å². The number of hydrogen-bond donors (Lipinski definition) is 2. The average Bonchev–Trinajstić information content (AvgIpc) is 3.15. The first-order valence-electron chi connectivity index (χ1n) is 11.4. The molecule has 0 saturated heterocycles. The Balaban J connectivity index is 1.50. The van der Waals surface area contributed by atoms with Crippen LogP contribution in [-0.2, 0) is 11.3 Å². The predicted molar refractivity (Wildman–Crippen MR) is 143 cm³/mol. The van der Waals surface area contributed by atoms with Crippen molar-refractivity contribution >= 4 is 63.0 Å². The van der Waals surface area contributed by atoms with Crippen LogP contribution in [0.25, 0.3) is 21.8 Å². The molecule has 0 aliphatic rings. The molecule has 1 unspecified atom stereocenters. The highest BCUT2D eigenvalue weighted by Gasteiger charge is 2.25. The summed E-state index contributed by atoms with van der Waals surface area (Å²) in [5.74, 6) is -1.04. The Morgan fingerprint density at radius 3 is 2.46 bits per heavy atom. The molecule has 0 aliphatic heterocycles. The van der Waals surface area contributed by atoms with Gasteiger partial charge < -0.3 is 9.88 Å². The van der Waals surface area contributed by atoms with Gasteiger partial charge in [0, 0.05) is 33.4 Å². The molecule has 180 valence electrons. The zero-order chi connectivity index (χ0) is 25.1. The predicted octanol–water partition coefficient (Wildman–Crippen LogP) is 6.03. The van der Waals surface area contributed by atoms with E-state index in [4.69, 9.17) is 23.2 Å². The summed E-state index contributed by atoms with van der Waals surface area (Å²) in [5, 5.41) is 9.83. The maximum absolute atomic E-state index is 12.8. The smallest absolute Gasteiger partial charge is 0.262 e. The molecule has 0 radical (unpaired) electrons. The Bertz CT molecular complexity index is 1440. The number of aromatic nitrogens is 1. The lowest BCUT2D eigenvalue weighted by molar-refractivity contribution is -0.123. The quantitative estimate of drug-likeness (QED) is 0.236. The molecule has 1 atom stereocenters. The number of hydrazone groups is 1. The van der Waals surface area contributed by atoms with E-state index in [2.05, 4.69) is 51.6 Å². The third kappa shape index (κ3) is 5.19. The van der Waals surface area contributed by atoms with Gasteiger partial charge in [-0.3, -0.25) is 9.59 Å². The third-order valence-corrected chi connectivity index (χ3v) is 6.46. The van der Waals surface area contributed by atoms with Crippen LogP contribution in [0.1, 0.15) is 36.7 Å². The molecule has 2 N–H and O–H groups in total. The van der Waals surface area contributed by atoms with Crippen molar-refractivity contribution in [2.24, 2.45) is 11.0 Å². The normalized spacial score (nSPS) is 12.5. The van der Waals surface area contributed by atoms with Crippen LogP contribution in [0.3, 0.4) is 0 Å². The maximum atomic E-state index is 12.8. The number of rotatable bonds is 7. The van der Waals surface area contributed by atoms with Crippen molar-refractivity contribution in [2.75, 3.05) is 0 Å². The largest absolute Gasteiger partial charge is 0.341 e. The molecule has 3 aromatic carbocycles. The molecule has 4 rings (SSSR count). The molecule has 6 nitrogen and oxygen atoms in total. The second kappa shape index (κ2) is 10.5. The summed E-state index contributed by atoms with van der Waals surface area (Å²) in [5.41, 5.74) is 5.99. The molecular weight excluding hydrogens is 483 g/mol. The summed E-state index contributed by atoms with van der Waals surface area (Å²) in [7, 11) is 0. The highest BCUT2D eigenvalue weighted by atomic mass is 35.5. The Hall–Kier alpha value is -3.35. The Morgan fingerprint density at radius 2 is 1.74 bits per heavy atom. The Morgan fingerprint density at radius 1 is 1.00 bits per heavy atom. The van der Waals surface area contributed by atoms with E-state index in [1.807, 2.05) is 32.0 Å². The molecule has 0 fully saturated rings. The van der Waals surface area contributed by atoms with Crippen LogP contribution >= 0.6 is 23.2 Å². The minimum absolute atomic E-state index is 0.170. The van der Waals surface area contributed by atoms with E-state index in [1.54, 1.807) is 12.3 Å². The van der Waals surface area contributed by atoms with Crippen LogP contribution in [0.15, 0.2) is 65.8 Å². The first-order valence-corrected chi connectivity index (χ1v) is 12.2. The summed E-state index contributed by atoms with van der Waals surface area (Å²) in [6.07, 6.45) is 1.60. The summed E-state index contributed by atoms with van der Waals surface area (Å²) in [6, 6.07) is 18.2. The molecule has 0 spiro atoms. The molecule has 1 aromatic heterocycles. The minimum atomic E-state index is -0.795. The summed E-state index contributed by atoms with van der Waals surface area (Å²) >= 11 is 12.0. The number of aryl methyl sites for hydroxylation is 1. The van der Waals surface area contributed by atoms with Gasteiger partial charge in [0.05, 0.1) is 16.8 Å². The second-order valence-electron chi connectivity index (χ2n) is 8.59. The molecule has 8 heteroatoms. The van der Waals surface area contributed by atoms with Gasteiger partial charge >= 0.3 is 0 Å². The van der Waals surface area contributed by atoms with Gasteiger partial charge in [0.15, 0.2) is 0 Å².